The minimum Gasteiger partial charge on any atom is -0.481 e. The molecule has 0 saturated carbocycles. The summed E-state index contributed by atoms with van der Waals surface area (Å²) < 4.78 is 0. The summed E-state index contributed by atoms with van der Waals surface area (Å²) in [5.74, 6) is -1.52. The van der Waals surface area contributed by atoms with E-state index in [4.69, 9.17) is 10.2 Å². The van der Waals surface area contributed by atoms with Gasteiger partial charge in [-0.2, -0.15) is 0 Å². The molecule has 0 aromatic carbocycles. The number of carbonyl (C=O) groups is 2. The van der Waals surface area contributed by atoms with Gasteiger partial charge in [-0.1, -0.05) is 19.3 Å². The van der Waals surface area contributed by atoms with Crippen LogP contribution in [0.15, 0.2) is 0 Å². The van der Waals surface area contributed by atoms with Crippen LogP contribution in [0.4, 0.5) is 0 Å². The van der Waals surface area contributed by atoms with Crippen LogP contribution in [0.25, 0.3) is 0 Å². The van der Waals surface area contributed by atoms with E-state index in [0.717, 1.165) is 19.3 Å². The van der Waals surface area contributed by atoms with E-state index < -0.39 is 11.9 Å². The number of unbranched alkanes of at least 4 members (excludes halogenated alkanes) is 4. The summed E-state index contributed by atoms with van der Waals surface area (Å²) in [5.41, 5.74) is 0. The van der Waals surface area contributed by atoms with Gasteiger partial charge in [-0.15, -0.1) is 0 Å². The molecule has 0 unspecified atom stereocenters. The third kappa shape index (κ3) is 14.1. The Morgan fingerprint density at radius 2 is 1.00 bits per heavy atom. The maximum Gasteiger partial charge on any atom is 0.303 e. The van der Waals surface area contributed by atoms with Gasteiger partial charge in [-0.3, -0.25) is 9.59 Å². The first-order valence-corrected chi connectivity index (χ1v) is 4.56. The molecule has 0 aromatic rings. The van der Waals surface area contributed by atoms with E-state index in [1.807, 2.05) is 0 Å². The van der Waals surface area contributed by atoms with E-state index in [-0.39, 0.29) is 31.7 Å². The zero-order valence-corrected chi connectivity index (χ0v) is 8.66. The van der Waals surface area contributed by atoms with Crippen molar-refractivity contribution >= 4 is 30.8 Å². The van der Waals surface area contributed by atoms with Crippen molar-refractivity contribution in [3.05, 3.63) is 0 Å². The second kappa shape index (κ2) is 10.6. The smallest absolute Gasteiger partial charge is 0.303 e. The molecule has 0 saturated heterocycles. The molecule has 14 heavy (non-hydrogen) atoms. The summed E-state index contributed by atoms with van der Waals surface area (Å²) >= 11 is 0. The van der Waals surface area contributed by atoms with Crippen LogP contribution in [0, 0.1) is 0 Å². The fraction of sp³-hybridized carbons (Fsp3) is 0.778. The Labute approximate surface area is 95.9 Å². The Hall–Kier alpha value is -0.463. The van der Waals surface area contributed by atoms with E-state index >= 15 is 0 Å². The number of hydrogen-bond donors (Lipinski definition) is 2. The molecule has 0 amide bonds. The third-order valence-electron chi connectivity index (χ3n) is 1.78. The van der Waals surface area contributed by atoms with Crippen LogP contribution >= 0.6 is 0 Å². The predicted octanol–water partition coefficient (Wildman–Crippen LogP) is 1.51. The molecule has 1 radical (unpaired) electrons. The quantitative estimate of drug-likeness (QED) is 0.454. The van der Waals surface area contributed by atoms with E-state index in [2.05, 4.69) is 0 Å². The van der Waals surface area contributed by atoms with Gasteiger partial charge in [0.15, 0.2) is 0 Å². The minimum atomic E-state index is -0.759. The molecule has 0 aromatic heterocycles. The Bertz CT molecular complexity index is 152. The zero-order chi connectivity index (χ0) is 10.1. The molecule has 77 valence electrons. The number of carboxylic acids is 2. The molecule has 5 heteroatoms. The Morgan fingerprint density at radius 3 is 1.29 bits per heavy atom. The molecule has 0 atom stereocenters. The van der Waals surface area contributed by atoms with Crippen LogP contribution in [0.5, 0.6) is 0 Å². The first kappa shape index (κ1) is 16.0. The molecule has 4 nitrogen and oxygen atoms in total. The Balaban J connectivity index is 0. The minimum absolute atomic E-state index is 0. The van der Waals surface area contributed by atoms with Crippen molar-refractivity contribution in [1.82, 2.24) is 0 Å². The average Bonchev–Trinajstić information content (AvgIpc) is 2.01. The standard InChI is InChI=1S/C9H16O4.Li/c10-8(11)6-4-2-1-3-5-7-9(12)13;/h1-7H2,(H,10,11)(H,12,13);. The van der Waals surface area contributed by atoms with Gasteiger partial charge in [0.05, 0.1) is 0 Å². The van der Waals surface area contributed by atoms with Gasteiger partial charge in [0.1, 0.15) is 0 Å². The second-order valence-corrected chi connectivity index (χ2v) is 3.06. The van der Waals surface area contributed by atoms with Crippen molar-refractivity contribution in [2.24, 2.45) is 0 Å². The van der Waals surface area contributed by atoms with Crippen molar-refractivity contribution in [2.45, 2.75) is 44.9 Å². The van der Waals surface area contributed by atoms with Crippen LogP contribution in [0.3, 0.4) is 0 Å². The van der Waals surface area contributed by atoms with E-state index in [9.17, 15) is 9.59 Å². The molecule has 0 aliphatic heterocycles. The van der Waals surface area contributed by atoms with Gasteiger partial charge in [0.25, 0.3) is 0 Å². The SMILES string of the molecule is O=C(O)CCCCCCCC(=O)O.[Li]. The fourth-order valence-corrected chi connectivity index (χ4v) is 1.08. The first-order chi connectivity index (χ1) is 6.13. The maximum absolute atomic E-state index is 10.1. The van der Waals surface area contributed by atoms with Crippen molar-refractivity contribution in [1.29, 1.82) is 0 Å². The zero-order valence-electron chi connectivity index (χ0n) is 8.66. The molecule has 0 aliphatic rings. The number of hydrogen-bond acceptors (Lipinski definition) is 2. The summed E-state index contributed by atoms with van der Waals surface area (Å²) in [6.07, 6.45) is 4.53. The van der Waals surface area contributed by atoms with Gasteiger partial charge in [-0.25, -0.2) is 0 Å². The van der Waals surface area contributed by atoms with Crippen molar-refractivity contribution in [3.63, 3.8) is 0 Å². The predicted molar refractivity (Wildman–Crippen MR) is 53.3 cm³/mol. The number of carboxylic acid groups (broad SMARTS) is 2. The van der Waals surface area contributed by atoms with Gasteiger partial charge >= 0.3 is 11.9 Å². The molecule has 2 N–H and O–H groups in total. The van der Waals surface area contributed by atoms with E-state index in [0.29, 0.717) is 12.8 Å². The van der Waals surface area contributed by atoms with Crippen LogP contribution in [-0.2, 0) is 9.59 Å². The Kier molecular flexibility index (Phi) is 12.1. The number of aliphatic carboxylic acids is 2. The topological polar surface area (TPSA) is 74.6 Å². The van der Waals surface area contributed by atoms with Crippen molar-refractivity contribution < 1.29 is 19.8 Å². The monoisotopic (exact) mass is 195 g/mol. The van der Waals surface area contributed by atoms with Crippen LogP contribution in [-0.4, -0.2) is 41.0 Å². The van der Waals surface area contributed by atoms with Gasteiger partial charge in [0, 0.05) is 31.7 Å². The van der Waals surface area contributed by atoms with Gasteiger partial charge < -0.3 is 10.2 Å². The Morgan fingerprint density at radius 1 is 0.714 bits per heavy atom. The molecule has 0 rings (SSSR count). The summed E-state index contributed by atoms with van der Waals surface area (Å²) in [5, 5.41) is 16.6. The van der Waals surface area contributed by atoms with Gasteiger partial charge in [0.2, 0.25) is 0 Å². The molecule has 0 bridgehead atoms. The summed E-state index contributed by atoms with van der Waals surface area (Å²) in [7, 11) is 0. The average molecular weight is 195 g/mol. The summed E-state index contributed by atoms with van der Waals surface area (Å²) in [4.78, 5) is 20.2. The van der Waals surface area contributed by atoms with E-state index in [1.165, 1.54) is 0 Å². The van der Waals surface area contributed by atoms with Crippen LogP contribution in [0.2, 0.25) is 0 Å². The van der Waals surface area contributed by atoms with Crippen LogP contribution in [0.1, 0.15) is 44.9 Å². The van der Waals surface area contributed by atoms with Crippen molar-refractivity contribution in [2.75, 3.05) is 0 Å². The molecule has 0 fully saturated rings. The molecular weight excluding hydrogens is 179 g/mol. The molecule has 0 heterocycles. The van der Waals surface area contributed by atoms with E-state index in [1.54, 1.807) is 0 Å². The van der Waals surface area contributed by atoms with Crippen LogP contribution < -0.4 is 0 Å². The largest absolute Gasteiger partial charge is 0.481 e. The summed E-state index contributed by atoms with van der Waals surface area (Å²) in [6.45, 7) is 0. The maximum atomic E-state index is 10.1. The summed E-state index contributed by atoms with van der Waals surface area (Å²) in [6, 6.07) is 0. The normalized spacial score (nSPS) is 9.14. The molecule has 0 aliphatic carbocycles. The fourth-order valence-electron chi connectivity index (χ4n) is 1.08. The molecular formula is C9H16LiO4. The molecule has 0 spiro atoms. The number of rotatable bonds is 8. The van der Waals surface area contributed by atoms with Crippen molar-refractivity contribution in [3.8, 4) is 0 Å². The third-order valence-corrected chi connectivity index (χ3v) is 1.78. The second-order valence-electron chi connectivity index (χ2n) is 3.06. The first-order valence-electron chi connectivity index (χ1n) is 4.56. The van der Waals surface area contributed by atoms with Gasteiger partial charge in [-0.05, 0) is 12.8 Å².